The number of rotatable bonds is 2. The highest BCUT2D eigenvalue weighted by Crippen LogP contribution is 1.69. The van der Waals surface area contributed by atoms with E-state index in [0.717, 1.165) is 0 Å². The molecular weight excluding hydrogens is 134 g/mol. The zero-order chi connectivity index (χ0) is 6.99. The van der Waals surface area contributed by atoms with Crippen molar-refractivity contribution in [2.45, 2.75) is 20.5 Å². The minimum atomic E-state index is -0.213. The lowest BCUT2D eigenvalue weighted by Crippen LogP contribution is -2.19. The van der Waals surface area contributed by atoms with E-state index in [0.29, 0.717) is 6.54 Å². The van der Waals surface area contributed by atoms with Crippen molar-refractivity contribution >= 4 is 6.79 Å². The largest absolute Gasteiger partial charge is 0.412 e. The summed E-state index contributed by atoms with van der Waals surface area (Å²) >= 11 is 0. The summed E-state index contributed by atoms with van der Waals surface area (Å²) in [5.41, 5.74) is 0. The van der Waals surface area contributed by atoms with Gasteiger partial charge in [-0.15, -0.1) is 0 Å². The van der Waals surface area contributed by atoms with Crippen LogP contribution in [0.3, 0.4) is 0 Å². The van der Waals surface area contributed by atoms with Gasteiger partial charge in [0.05, 0.1) is 6.10 Å². The summed E-state index contributed by atoms with van der Waals surface area (Å²) in [6.45, 7) is 4.43. The molecule has 0 rings (SSSR count). The molecule has 4 nitrogen and oxygen atoms in total. The lowest BCUT2D eigenvalue weighted by Gasteiger charge is -1.97. The first kappa shape index (κ1) is 22.7. The molecule has 0 aliphatic rings. The zero-order valence-corrected chi connectivity index (χ0v) is 5.85. The van der Waals surface area contributed by atoms with Gasteiger partial charge in [-0.3, -0.25) is 0 Å². The predicted octanol–water partition coefficient (Wildman–Crippen LogP) is -0.787. The van der Waals surface area contributed by atoms with Gasteiger partial charge < -0.3 is 20.7 Å². The summed E-state index contributed by atoms with van der Waals surface area (Å²) in [6.07, 6.45) is -0.213. The molecule has 0 bridgehead atoms. The minimum Gasteiger partial charge on any atom is -0.412 e. The fourth-order valence-corrected chi connectivity index (χ4v) is 0.295. The number of hydrogen-bond acceptors (Lipinski definition) is 3. The number of carbonyl (C=O) groups is 1. The zero-order valence-electron chi connectivity index (χ0n) is 5.85. The number of carbonyl (C=O) groups excluding carboxylic acids is 1. The predicted molar refractivity (Wildman–Crippen MR) is 43.1 cm³/mol. The van der Waals surface area contributed by atoms with Crippen LogP contribution in [0.2, 0.25) is 0 Å². The fourth-order valence-electron chi connectivity index (χ4n) is 0.295. The number of aliphatic hydroxyl groups is 1. The molecule has 0 heterocycles. The van der Waals surface area contributed by atoms with Gasteiger partial charge in [0, 0.05) is 6.54 Å². The highest BCUT2D eigenvalue weighted by Gasteiger charge is 1.86. The van der Waals surface area contributed by atoms with Crippen LogP contribution in [-0.2, 0) is 4.79 Å². The topological polar surface area (TPSA) is 80.8 Å². The van der Waals surface area contributed by atoms with E-state index < -0.39 is 0 Å². The average Bonchev–Trinajstić information content (AvgIpc) is 1.72. The first-order chi connectivity index (χ1) is 3.77. The number of likely N-dealkylation sites (N-methyl/N-ethyl adjacent to an activating group) is 1. The first-order valence-corrected chi connectivity index (χ1v) is 2.39. The third-order valence-electron chi connectivity index (χ3n) is 0.500. The van der Waals surface area contributed by atoms with Crippen LogP contribution in [0.15, 0.2) is 0 Å². The van der Waals surface area contributed by atoms with Crippen LogP contribution in [-0.4, -0.2) is 37.1 Å². The van der Waals surface area contributed by atoms with E-state index in [1.807, 2.05) is 13.8 Å². The maximum Gasteiger partial charge on any atom is 0.106 e. The Kier molecular flexibility index (Phi) is 53.4. The van der Waals surface area contributed by atoms with Crippen LogP contribution in [0.4, 0.5) is 0 Å². The Hall–Kier alpha value is -0.450. The van der Waals surface area contributed by atoms with Gasteiger partial charge in [-0.25, -0.2) is 0 Å². The van der Waals surface area contributed by atoms with Crippen molar-refractivity contribution in [2.75, 3.05) is 13.6 Å². The molecule has 0 spiro atoms. The third-order valence-corrected chi connectivity index (χ3v) is 0.500. The molecule has 0 aliphatic carbocycles. The Balaban J connectivity index is -0.0000000412. The van der Waals surface area contributed by atoms with Crippen molar-refractivity contribution in [1.82, 2.24) is 5.32 Å². The maximum absolute atomic E-state index is 8.49. The second-order valence-electron chi connectivity index (χ2n) is 1.41. The Labute approximate surface area is 62.6 Å². The molecule has 1 unspecified atom stereocenters. The summed E-state index contributed by atoms with van der Waals surface area (Å²) in [5.74, 6) is 0. The molecule has 10 heavy (non-hydrogen) atoms. The molecule has 0 fully saturated rings. The van der Waals surface area contributed by atoms with Crippen molar-refractivity contribution in [3.8, 4) is 0 Å². The molecule has 0 aromatic heterocycles. The normalized spacial score (nSPS) is 9.10. The van der Waals surface area contributed by atoms with Crippen LogP contribution in [0, 0.1) is 0 Å². The molecule has 0 amide bonds. The number of hydrogen-bond donors (Lipinski definition) is 2. The van der Waals surface area contributed by atoms with Crippen LogP contribution in [0.25, 0.3) is 0 Å². The van der Waals surface area contributed by atoms with Crippen molar-refractivity contribution in [1.29, 1.82) is 0 Å². The van der Waals surface area contributed by atoms with Crippen molar-refractivity contribution < 1.29 is 15.4 Å². The van der Waals surface area contributed by atoms with Crippen LogP contribution in [0.1, 0.15) is 14.4 Å². The van der Waals surface area contributed by atoms with Gasteiger partial charge in [0.25, 0.3) is 0 Å². The molecule has 0 aromatic carbocycles. The van der Waals surface area contributed by atoms with E-state index in [9.17, 15) is 0 Å². The van der Waals surface area contributed by atoms with E-state index in [1.165, 1.54) is 0 Å². The minimum absolute atomic E-state index is 0. The third kappa shape index (κ3) is 49.8. The average molecular weight is 153 g/mol. The SMILES string of the molecule is C.C=O.CNCC(C)O.O. The Morgan fingerprint density at radius 1 is 1.60 bits per heavy atom. The fraction of sp³-hybridized carbons (Fsp3) is 0.833. The highest BCUT2D eigenvalue weighted by atomic mass is 16.3. The highest BCUT2D eigenvalue weighted by molar-refractivity contribution is 5.10. The lowest BCUT2D eigenvalue weighted by molar-refractivity contribution is -0.0979. The summed E-state index contributed by atoms with van der Waals surface area (Å²) < 4.78 is 0. The molecule has 4 heteroatoms. The van der Waals surface area contributed by atoms with Gasteiger partial charge in [-0.2, -0.15) is 0 Å². The van der Waals surface area contributed by atoms with Crippen LogP contribution >= 0.6 is 0 Å². The maximum atomic E-state index is 8.49. The molecule has 4 N–H and O–H groups in total. The molecule has 66 valence electrons. The molecule has 0 radical (unpaired) electrons. The van der Waals surface area contributed by atoms with Gasteiger partial charge >= 0.3 is 0 Å². The molecule has 0 aromatic rings. The number of aliphatic hydroxyl groups excluding tert-OH is 1. The van der Waals surface area contributed by atoms with Gasteiger partial charge in [0.2, 0.25) is 0 Å². The Morgan fingerprint density at radius 3 is 1.90 bits per heavy atom. The van der Waals surface area contributed by atoms with E-state index in [2.05, 4.69) is 5.32 Å². The number of nitrogens with one attached hydrogen (secondary N) is 1. The van der Waals surface area contributed by atoms with Crippen LogP contribution in [0.5, 0.6) is 0 Å². The summed E-state index contributed by atoms with van der Waals surface area (Å²) in [5, 5.41) is 11.3. The van der Waals surface area contributed by atoms with E-state index in [-0.39, 0.29) is 19.0 Å². The van der Waals surface area contributed by atoms with Crippen molar-refractivity contribution in [3.05, 3.63) is 0 Å². The van der Waals surface area contributed by atoms with Gasteiger partial charge in [-0.05, 0) is 14.0 Å². The van der Waals surface area contributed by atoms with Gasteiger partial charge in [0.15, 0.2) is 0 Å². The monoisotopic (exact) mass is 153 g/mol. The molecule has 0 saturated carbocycles. The summed E-state index contributed by atoms with van der Waals surface area (Å²) in [7, 11) is 1.81. The quantitative estimate of drug-likeness (QED) is 0.545. The molecular formula is C6H19NO3. The van der Waals surface area contributed by atoms with E-state index >= 15 is 0 Å². The summed E-state index contributed by atoms with van der Waals surface area (Å²) in [6, 6.07) is 0. The smallest absolute Gasteiger partial charge is 0.106 e. The Bertz CT molecular complexity index is 42.0. The summed E-state index contributed by atoms with van der Waals surface area (Å²) in [4.78, 5) is 8.00. The van der Waals surface area contributed by atoms with Gasteiger partial charge in [0.1, 0.15) is 6.79 Å². The van der Waals surface area contributed by atoms with Crippen LogP contribution < -0.4 is 5.32 Å². The first-order valence-electron chi connectivity index (χ1n) is 2.39. The van der Waals surface area contributed by atoms with Crippen molar-refractivity contribution in [3.63, 3.8) is 0 Å². The second kappa shape index (κ2) is 23.5. The second-order valence-corrected chi connectivity index (χ2v) is 1.41. The molecule has 0 aliphatic heterocycles. The van der Waals surface area contributed by atoms with Crippen molar-refractivity contribution in [2.24, 2.45) is 0 Å². The lowest BCUT2D eigenvalue weighted by atomic mass is 10.4. The molecule has 0 saturated heterocycles. The molecule has 1 atom stereocenters. The Morgan fingerprint density at radius 2 is 1.90 bits per heavy atom. The standard InChI is InChI=1S/C4H11NO.CH2O.CH4.H2O/c1-4(6)3-5-2;1-2;;/h4-6H,3H2,1-2H3;1H2;1H4;1H2. The van der Waals surface area contributed by atoms with E-state index in [4.69, 9.17) is 9.90 Å². The van der Waals surface area contributed by atoms with E-state index in [1.54, 1.807) is 6.92 Å². The van der Waals surface area contributed by atoms with Gasteiger partial charge in [-0.1, -0.05) is 7.43 Å².